The molecule has 0 radical (unpaired) electrons. The van der Waals surface area contributed by atoms with Crippen molar-refractivity contribution in [3.8, 4) is 11.4 Å². The van der Waals surface area contributed by atoms with Crippen LogP contribution >= 0.6 is 15.9 Å². The minimum atomic E-state index is 0.680. The quantitative estimate of drug-likeness (QED) is 0.730. The van der Waals surface area contributed by atoms with E-state index in [-0.39, 0.29) is 0 Å². The van der Waals surface area contributed by atoms with E-state index in [4.69, 9.17) is 0 Å². The van der Waals surface area contributed by atoms with Crippen molar-refractivity contribution in [3.05, 3.63) is 41.1 Å². The molecule has 0 aliphatic heterocycles. The minimum Gasteiger partial charge on any atom is -0.308 e. The standard InChI is InChI=1S/C13H11BrN4/c1-2-18-12(9-6-4-3-5-7-9)17-11-13(18)16-10(14)8-15-11/h3-8H,2H2,1H3. The number of rotatable bonds is 2. The molecule has 0 N–H and O–H groups in total. The molecule has 3 rings (SSSR count). The second-order valence-electron chi connectivity index (χ2n) is 3.89. The third kappa shape index (κ3) is 1.80. The Kier molecular flexibility index (Phi) is 2.83. The van der Waals surface area contributed by atoms with Gasteiger partial charge in [0, 0.05) is 12.1 Å². The van der Waals surface area contributed by atoms with Crippen LogP contribution in [-0.2, 0) is 6.54 Å². The van der Waals surface area contributed by atoms with Gasteiger partial charge in [0.15, 0.2) is 11.3 Å². The third-order valence-electron chi connectivity index (χ3n) is 2.78. The minimum absolute atomic E-state index is 0.680. The molecule has 0 saturated heterocycles. The number of aryl methyl sites for hydroxylation is 1. The lowest BCUT2D eigenvalue weighted by molar-refractivity contribution is 0.786. The van der Waals surface area contributed by atoms with Crippen molar-refractivity contribution in [2.75, 3.05) is 0 Å². The number of halogens is 1. The van der Waals surface area contributed by atoms with Crippen LogP contribution in [0.3, 0.4) is 0 Å². The summed E-state index contributed by atoms with van der Waals surface area (Å²) in [7, 11) is 0. The Morgan fingerprint density at radius 1 is 1.17 bits per heavy atom. The molecule has 0 aliphatic rings. The molecule has 0 aliphatic carbocycles. The van der Waals surface area contributed by atoms with E-state index in [1.54, 1.807) is 6.20 Å². The lowest BCUT2D eigenvalue weighted by Crippen LogP contribution is -1.98. The predicted molar refractivity (Wildman–Crippen MR) is 74.1 cm³/mol. The largest absolute Gasteiger partial charge is 0.308 e. The highest BCUT2D eigenvalue weighted by molar-refractivity contribution is 9.10. The highest BCUT2D eigenvalue weighted by Gasteiger charge is 2.13. The molecule has 2 aromatic heterocycles. The van der Waals surface area contributed by atoms with Crippen LogP contribution in [0.1, 0.15) is 6.92 Å². The van der Waals surface area contributed by atoms with E-state index in [0.29, 0.717) is 5.65 Å². The summed E-state index contributed by atoms with van der Waals surface area (Å²) < 4.78 is 2.80. The van der Waals surface area contributed by atoms with Gasteiger partial charge in [0.1, 0.15) is 10.4 Å². The van der Waals surface area contributed by atoms with E-state index < -0.39 is 0 Å². The number of aromatic nitrogens is 4. The van der Waals surface area contributed by atoms with Crippen LogP contribution in [0.15, 0.2) is 41.1 Å². The van der Waals surface area contributed by atoms with Gasteiger partial charge in [0.05, 0.1) is 6.20 Å². The molecule has 0 bridgehead atoms. The highest BCUT2D eigenvalue weighted by Crippen LogP contribution is 2.23. The monoisotopic (exact) mass is 302 g/mol. The van der Waals surface area contributed by atoms with Crippen LogP contribution in [-0.4, -0.2) is 19.5 Å². The zero-order valence-electron chi connectivity index (χ0n) is 9.84. The summed E-state index contributed by atoms with van der Waals surface area (Å²) in [5.41, 5.74) is 2.57. The Morgan fingerprint density at radius 3 is 2.67 bits per heavy atom. The predicted octanol–water partition coefficient (Wildman–Crippen LogP) is 3.28. The average Bonchev–Trinajstić information content (AvgIpc) is 2.77. The lowest BCUT2D eigenvalue weighted by atomic mass is 10.2. The van der Waals surface area contributed by atoms with Crippen molar-refractivity contribution in [2.45, 2.75) is 13.5 Å². The molecule has 0 saturated carbocycles. The summed E-state index contributed by atoms with van der Waals surface area (Å²) in [6.45, 7) is 2.89. The van der Waals surface area contributed by atoms with Crippen LogP contribution in [0.2, 0.25) is 0 Å². The molecule has 5 heteroatoms. The van der Waals surface area contributed by atoms with Crippen molar-refractivity contribution in [1.82, 2.24) is 19.5 Å². The number of fused-ring (bicyclic) bond motifs is 1. The molecule has 2 heterocycles. The van der Waals surface area contributed by atoms with Gasteiger partial charge in [0.2, 0.25) is 0 Å². The SMILES string of the molecule is CCn1c(-c2ccccc2)nc2ncc(Br)nc21. The van der Waals surface area contributed by atoms with E-state index in [1.807, 2.05) is 30.3 Å². The van der Waals surface area contributed by atoms with Crippen LogP contribution in [0.4, 0.5) is 0 Å². The molecule has 1 aromatic carbocycles. The molecule has 4 nitrogen and oxygen atoms in total. The van der Waals surface area contributed by atoms with Crippen molar-refractivity contribution in [2.24, 2.45) is 0 Å². The van der Waals surface area contributed by atoms with Crippen molar-refractivity contribution >= 4 is 27.2 Å². The van der Waals surface area contributed by atoms with Crippen LogP contribution < -0.4 is 0 Å². The summed E-state index contributed by atoms with van der Waals surface area (Å²) in [6, 6.07) is 10.1. The first-order valence-corrected chi connectivity index (χ1v) is 6.53. The fourth-order valence-electron chi connectivity index (χ4n) is 1.98. The van der Waals surface area contributed by atoms with Gasteiger partial charge in [-0.3, -0.25) is 0 Å². The lowest BCUT2D eigenvalue weighted by Gasteiger charge is -2.04. The number of nitrogens with zero attached hydrogens (tertiary/aromatic N) is 4. The highest BCUT2D eigenvalue weighted by atomic mass is 79.9. The van der Waals surface area contributed by atoms with Gasteiger partial charge < -0.3 is 4.57 Å². The van der Waals surface area contributed by atoms with Crippen molar-refractivity contribution in [3.63, 3.8) is 0 Å². The molecule has 0 fully saturated rings. The van der Waals surface area contributed by atoms with Gasteiger partial charge in [-0.1, -0.05) is 30.3 Å². The number of benzene rings is 1. The fraction of sp³-hybridized carbons (Fsp3) is 0.154. The summed E-state index contributed by atoms with van der Waals surface area (Å²) in [6.07, 6.45) is 1.67. The van der Waals surface area contributed by atoms with Gasteiger partial charge in [0.25, 0.3) is 0 Å². The maximum Gasteiger partial charge on any atom is 0.198 e. The Balaban J connectivity index is 2.30. The Labute approximate surface area is 113 Å². The topological polar surface area (TPSA) is 43.6 Å². The number of hydrogen-bond acceptors (Lipinski definition) is 3. The Bertz CT molecular complexity index is 691. The fourth-order valence-corrected chi connectivity index (χ4v) is 2.25. The molecule has 0 unspecified atom stereocenters. The van der Waals surface area contributed by atoms with Crippen LogP contribution in [0.25, 0.3) is 22.7 Å². The van der Waals surface area contributed by atoms with Gasteiger partial charge >= 0.3 is 0 Å². The van der Waals surface area contributed by atoms with Gasteiger partial charge in [-0.05, 0) is 22.9 Å². The number of imidazole rings is 1. The molecule has 0 atom stereocenters. The van der Waals surface area contributed by atoms with E-state index in [1.165, 1.54) is 0 Å². The molecule has 0 spiro atoms. The first kappa shape index (κ1) is 11.3. The zero-order chi connectivity index (χ0) is 12.5. The van der Waals surface area contributed by atoms with Crippen molar-refractivity contribution in [1.29, 1.82) is 0 Å². The van der Waals surface area contributed by atoms with Gasteiger partial charge in [-0.25, -0.2) is 15.0 Å². The maximum absolute atomic E-state index is 4.56. The second kappa shape index (κ2) is 4.49. The van der Waals surface area contributed by atoms with Crippen LogP contribution in [0.5, 0.6) is 0 Å². The average molecular weight is 303 g/mol. The van der Waals surface area contributed by atoms with E-state index in [9.17, 15) is 0 Å². The Hall–Kier alpha value is -1.75. The first-order valence-electron chi connectivity index (χ1n) is 5.74. The van der Waals surface area contributed by atoms with Crippen LogP contribution in [0, 0.1) is 0 Å². The third-order valence-corrected chi connectivity index (χ3v) is 3.16. The molecular formula is C13H11BrN4. The molecule has 90 valence electrons. The normalized spacial score (nSPS) is 11.0. The Morgan fingerprint density at radius 2 is 1.94 bits per heavy atom. The summed E-state index contributed by atoms with van der Waals surface area (Å²) in [5, 5.41) is 0. The van der Waals surface area contributed by atoms with Crippen molar-refractivity contribution < 1.29 is 0 Å². The number of hydrogen-bond donors (Lipinski definition) is 0. The first-order chi connectivity index (χ1) is 8.79. The van der Waals surface area contributed by atoms with E-state index >= 15 is 0 Å². The molecule has 18 heavy (non-hydrogen) atoms. The van der Waals surface area contributed by atoms with Gasteiger partial charge in [-0.15, -0.1) is 0 Å². The maximum atomic E-state index is 4.56. The summed E-state index contributed by atoms with van der Waals surface area (Å²) >= 11 is 3.35. The smallest absolute Gasteiger partial charge is 0.198 e. The zero-order valence-corrected chi connectivity index (χ0v) is 11.4. The summed E-state index contributed by atoms with van der Waals surface area (Å²) in [5.74, 6) is 0.909. The summed E-state index contributed by atoms with van der Waals surface area (Å²) in [4.78, 5) is 13.3. The molecule has 0 amide bonds. The van der Waals surface area contributed by atoms with E-state index in [2.05, 4.69) is 42.4 Å². The molecule has 3 aromatic rings. The second-order valence-corrected chi connectivity index (χ2v) is 4.70. The molecular weight excluding hydrogens is 292 g/mol. The van der Waals surface area contributed by atoms with Gasteiger partial charge in [-0.2, -0.15) is 0 Å². The van der Waals surface area contributed by atoms with E-state index in [0.717, 1.165) is 28.2 Å².